The number of nitrogens with zero attached hydrogens (tertiary/aromatic N) is 3. The van der Waals surface area contributed by atoms with Gasteiger partial charge in [-0.25, -0.2) is 0 Å². The number of rotatable bonds is 9. The van der Waals surface area contributed by atoms with Crippen LogP contribution in [0.15, 0.2) is 29.3 Å². The Morgan fingerprint density at radius 2 is 2.04 bits per heavy atom. The first kappa shape index (κ1) is 23.7. The topological polar surface area (TPSA) is 63.4 Å². The van der Waals surface area contributed by atoms with Gasteiger partial charge in [0.25, 0.3) is 0 Å². The highest BCUT2D eigenvalue weighted by Gasteiger charge is 2.06. The molecule has 6 heteroatoms. The van der Waals surface area contributed by atoms with Crippen LogP contribution >= 0.6 is 24.0 Å². The highest BCUT2D eigenvalue weighted by molar-refractivity contribution is 14.0. The summed E-state index contributed by atoms with van der Waals surface area (Å²) in [6.07, 6.45) is 2.29. The van der Waals surface area contributed by atoms with Crippen molar-refractivity contribution in [3.05, 3.63) is 35.4 Å². The molecule has 1 aromatic rings. The van der Waals surface area contributed by atoms with Crippen molar-refractivity contribution in [1.29, 1.82) is 5.26 Å². The zero-order valence-corrected chi connectivity index (χ0v) is 18.2. The van der Waals surface area contributed by atoms with Gasteiger partial charge in [0.05, 0.1) is 11.6 Å². The van der Waals surface area contributed by atoms with Crippen LogP contribution in [-0.2, 0) is 6.54 Å². The molecule has 0 aliphatic carbocycles. The average molecular weight is 457 g/mol. The monoisotopic (exact) mass is 457 g/mol. The van der Waals surface area contributed by atoms with Crippen molar-refractivity contribution in [2.75, 3.05) is 26.7 Å². The highest BCUT2D eigenvalue weighted by Crippen LogP contribution is 2.04. The summed E-state index contributed by atoms with van der Waals surface area (Å²) in [6.45, 7) is 10.6. The SMILES string of the molecule is CCN(CC)CCCC(C)NC(=NC)NCc1cccc(C#N)c1.I. The predicted octanol–water partition coefficient (Wildman–Crippen LogP) is 3.35. The number of aliphatic imine (C=N–C) groups is 1. The van der Waals surface area contributed by atoms with Gasteiger partial charge in [-0.3, -0.25) is 4.99 Å². The number of benzene rings is 1. The van der Waals surface area contributed by atoms with Gasteiger partial charge in [-0.1, -0.05) is 26.0 Å². The van der Waals surface area contributed by atoms with E-state index >= 15 is 0 Å². The fourth-order valence-corrected chi connectivity index (χ4v) is 2.60. The molecule has 0 fully saturated rings. The van der Waals surface area contributed by atoms with Crippen LogP contribution in [0.4, 0.5) is 0 Å². The second-order valence-corrected chi connectivity index (χ2v) is 5.95. The van der Waals surface area contributed by atoms with Crippen LogP contribution in [0.3, 0.4) is 0 Å². The Labute approximate surface area is 169 Å². The van der Waals surface area contributed by atoms with Gasteiger partial charge < -0.3 is 15.5 Å². The molecule has 2 N–H and O–H groups in total. The van der Waals surface area contributed by atoms with Gasteiger partial charge in [0.15, 0.2) is 5.96 Å². The predicted molar refractivity (Wildman–Crippen MR) is 116 cm³/mol. The van der Waals surface area contributed by atoms with Crippen LogP contribution in [0, 0.1) is 11.3 Å². The lowest BCUT2D eigenvalue weighted by molar-refractivity contribution is 0.292. The molecule has 1 aromatic carbocycles. The molecular weight excluding hydrogens is 425 g/mol. The first-order valence-corrected chi connectivity index (χ1v) is 8.81. The summed E-state index contributed by atoms with van der Waals surface area (Å²) >= 11 is 0. The first-order chi connectivity index (χ1) is 11.6. The Kier molecular flexibility index (Phi) is 13.2. The van der Waals surface area contributed by atoms with Gasteiger partial charge >= 0.3 is 0 Å². The second-order valence-electron chi connectivity index (χ2n) is 5.95. The Balaban J connectivity index is 0.00000576. The van der Waals surface area contributed by atoms with Gasteiger partial charge in [0, 0.05) is 19.6 Å². The normalized spacial score (nSPS) is 12.2. The number of guanidine groups is 1. The zero-order valence-electron chi connectivity index (χ0n) is 15.9. The molecule has 0 radical (unpaired) electrons. The van der Waals surface area contributed by atoms with Gasteiger partial charge in [-0.05, 0) is 57.1 Å². The third-order valence-electron chi connectivity index (χ3n) is 4.13. The molecule has 0 aliphatic heterocycles. The zero-order chi connectivity index (χ0) is 17.8. The van der Waals surface area contributed by atoms with E-state index in [0.29, 0.717) is 18.2 Å². The van der Waals surface area contributed by atoms with Crippen LogP contribution < -0.4 is 10.6 Å². The van der Waals surface area contributed by atoms with Crippen molar-refractivity contribution in [2.45, 2.75) is 46.2 Å². The Bertz CT molecular complexity index is 549. The van der Waals surface area contributed by atoms with E-state index in [1.807, 2.05) is 24.3 Å². The van der Waals surface area contributed by atoms with Crippen LogP contribution in [0.2, 0.25) is 0 Å². The maximum Gasteiger partial charge on any atom is 0.191 e. The van der Waals surface area contributed by atoms with Gasteiger partial charge in [-0.2, -0.15) is 5.26 Å². The Hall–Kier alpha value is -1.33. The summed E-state index contributed by atoms with van der Waals surface area (Å²) in [5, 5.41) is 15.7. The van der Waals surface area contributed by atoms with Crippen molar-refractivity contribution < 1.29 is 0 Å². The van der Waals surface area contributed by atoms with E-state index in [9.17, 15) is 0 Å². The maximum absolute atomic E-state index is 8.95. The maximum atomic E-state index is 8.95. The van der Waals surface area contributed by atoms with Gasteiger partial charge in [-0.15, -0.1) is 24.0 Å². The van der Waals surface area contributed by atoms with E-state index in [-0.39, 0.29) is 24.0 Å². The van der Waals surface area contributed by atoms with Gasteiger partial charge in [0.2, 0.25) is 0 Å². The lowest BCUT2D eigenvalue weighted by atomic mass is 10.1. The standard InChI is InChI=1S/C19H31N5.HI/c1-5-24(6-2)12-8-9-16(3)23-19(21-4)22-15-18-11-7-10-17(13-18)14-20;/h7,10-11,13,16H,5-6,8-9,12,15H2,1-4H3,(H2,21,22,23);1H. The van der Waals surface area contributed by atoms with Crippen LogP contribution in [0.1, 0.15) is 44.7 Å². The summed E-state index contributed by atoms with van der Waals surface area (Å²) in [6, 6.07) is 10.2. The third kappa shape index (κ3) is 9.66. The Morgan fingerprint density at radius 1 is 1.32 bits per heavy atom. The average Bonchev–Trinajstić information content (AvgIpc) is 2.62. The highest BCUT2D eigenvalue weighted by atomic mass is 127. The molecule has 0 aromatic heterocycles. The minimum atomic E-state index is 0. The number of nitrogens with one attached hydrogen (secondary N) is 2. The quantitative estimate of drug-likeness (QED) is 0.339. The number of nitriles is 1. The fraction of sp³-hybridized carbons (Fsp3) is 0.579. The molecule has 1 atom stereocenters. The first-order valence-electron chi connectivity index (χ1n) is 8.81. The van der Waals surface area contributed by atoms with Crippen LogP contribution in [-0.4, -0.2) is 43.6 Å². The van der Waals surface area contributed by atoms with Crippen molar-refractivity contribution in [1.82, 2.24) is 15.5 Å². The van der Waals surface area contributed by atoms with E-state index in [1.165, 1.54) is 6.42 Å². The minimum absolute atomic E-state index is 0. The molecule has 0 bridgehead atoms. The summed E-state index contributed by atoms with van der Waals surface area (Å²) < 4.78 is 0. The molecular formula is C19H32IN5. The summed E-state index contributed by atoms with van der Waals surface area (Å²) in [7, 11) is 1.78. The summed E-state index contributed by atoms with van der Waals surface area (Å²) in [4.78, 5) is 6.73. The van der Waals surface area contributed by atoms with E-state index < -0.39 is 0 Å². The smallest absolute Gasteiger partial charge is 0.191 e. The molecule has 25 heavy (non-hydrogen) atoms. The molecule has 0 aliphatic rings. The number of hydrogen-bond donors (Lipinski definition) is 2. The second kappa shape index (κ2) is 13.9. The largest absolute Gasteiger partial charge is 0.354 e. The lowest BCUT2D eigenvalue weighted by Gasteiger charge is -2.21. The van der Waals surface area contributed by atoms with Crippen LogP contribution in [0.5, 0.6) is 0 Å². The van der Waals surface area contributed by atoms with Crippen LogP contribution in [0.25, 0.3) is 0 Å². The molecule has 0 heterocycles. The molecule has 0 spiro atoms. The van der Waals surface area contributed by atoms with Crippen molar-refractivity contribution in [3.8, 4) is 6.07 Å². The fourth-order valence-electron chi connectivity index (χ4n) is 2.60. The van der Waals surface area contributed by atoms with Crippen molar-refractivity contribution in [3.63, 3.8) is 0 Å². The summed E-state index contributed by atoms with van der Waals surface area (Å²) in [5.41, 5.74) is 1.76. The molecule has 0 saturated heterocycles. The molecule has 1 unspecified atom stereocenters. The Morgan fingerprint density at radius 3 is 2.64 bits per heavy atom. The lowest BCUT2D eigenvalue weighted by Crippen LogP contribution is -2.42. The minimum Gasteiger partial charge on any atom is -0.354 e. The van der Waals surface area contributed by atoms with E-state index in [0.717, 1.165) is 37.6 Å². The number of hydrogen-bond acceptors (Lipinski definition) is 3. The van der Waals surface area contributed by atoms with E-state index in [2.05, 4.69) is 47.4 Å². The van der Waals surface area contributed by atoms with E-state index in [1.54, 1.807) is 7.05 Å². The molecule has 0 amide bonds. The molecule has 1 rings (SSSR count). The van der Waals surface area contributed by atoms with Crippen molar-refractivity contribution >= 4 is 29.9 Å². The molecule has 140 valence electrons. The van der Waals surface area contributed by atoms with Crippen molar-refractivity contribution in [2.24, 2.45) is 4.99 Å². The molecule has 5 nitrogen and oxygen atoms in total. The molecule has 0 saturated carbocycles. The summed E-state index contributed by atoms with van der Waals surface area (Å²) in [5.74, 6) is 0.799. The third-order valence-corrected chi connectivity index (χ3v) is 4.13. The van der Waals surface area contributed by atoms with Gasteiger partial charge in [0.1, 0.15) is 0 Å². The van der Waals surface area contributed by atoms with E-state index in [4.69, 9.17) is 5.26 Å². The number of halogens is 1.